The first-order chi connectivity index (χ1) is 14.3. The van der Waals surface area contributed by atoms with Gasteiger partial charge in [0, 0.05) is 42.3 Å². The Labute approximate surface area is 169 Å². The first-order valence-electron chi connectivity index (χ1n) is 10.5. The van der Waals surface area contributed by atoms with Gasteiger partial charge in [-0.3, -0.25) is 14.9 Å². The first kappa shape index (κ1) is 17.0. The van der Waals surface area contributed by atoms with Gasteiger partial charge in [-0.25, -0.2) is 0 Å². The molecule has 148 valence electrons. The highest BCUT2D eigenvalue weighted by Crippen LogP contribution is 2.49. The van der Waals surface area contributed by atoms with E-state index >= 15 is 0 Å². The second kappa shape index (κ2) is 6.56. The van der Waals surface area contributed by atoms with Gasteiger partial charge >= 0.3 is 0 Å². The molecule has 3 aliphatic heterocycles. The Hall–Kier alpha value is -2.93. The van der Waals surface area contributed by atoms with Crippen LogP contribution in [-0.2, 0) is 11.2 Å². The van der Waals surface area contributed by atoms with Crippen molar-refractivity contribution in [3.05, 3.63) is 47.9 Å². The number of carbonyl (C=O) groups is 1. The van der Waals surface area contributed by atoms with Crippen molar-refractivity contribution in [3.8, 4) is 0 Å². The Morgan fingerprint density at radius 2 is 2.21 bits per heavy atom. The number of amides is 1. The quantitative estimate of drug-likeness (QED) is 0.718. The third-order valence-electron chi connectivity index (χ3n) is 6.74. The Morgan fingerprint density at radius 3 is 3.17 bits per heavy atom. The van der Waals surface area contributed by atoms with E-state index in [9.17, 15) is 4.79 Å². The molecule has 6 rings (SSSR count). The minimum atomic E-state index is 0.111. The normalized spacial score (nSPS) is 23.2. The van der Waals surface area contributed by atoms with E-state index in [-0.39, 0.29) is 5.91 Å². The number of rotatable bonds is 4. The molecule has 2 N–H and O–H groups in total. The maximum absolute atomic E-state index is 12.1. The van der Waals surface area contributed by atoms with Crippen LogP contribution in [0.25, 0.3) is 10.9 Å². The number of hydrogen-bond acceptors (Lipinski definition) is 5. The zero-order valence-corrected chi connectivity index (χ0v) is 16.3. The van der Waals surface area contributed by atoms with E-state index in [2.05, 4.69) is 42.4 Å². The fourth-order valence-electron chi connectivity index (χ4n) is 5.47. The summed E-state index contributed by atoms with van der Waals surface area (Å²) < 4.78 is 0. The number of aromatic nitrogens is 3. The van der Waals surface area contributed by atoms with Crippen LogP contribution in [0, 0.1) is 0 Å². The van der Waals surface area contributed by atoms with E-state index in [1.807, 2.05) is 24.5 Å². The molecule has 1 unspecified atom stereocenters. The van der Waals surface area contributed by atoms with Crippen molar-refractivity contribution in [3.63, 3.8) is 0 Å². The Morgan fingerprint density at radius 1 is 1.24 bits per heavy atom. The molecule has 2 atom stereocenters. The van der Waals surface area contributed by atoms with Crippen LogP contribution in [0.15, 0.2) is 36.7 Å². The predicted molar refractivity (Wildman–Crippen MR) is 112 cm³/mol. The van der Waals surface area contributed by atoms with E-state index in [0.29, 0.717) is 18.5 Å². The number of piperidine rings is 1. The number of fused-ring (bicyclic) bond motifs is 4. The molecular formula is C22H24N6O. The minimum absolute atomic E-state index is 0.111. The number of aryl methyl sites for hydroxylation is 1. The SMILES string of the molecule is O=C1CN2c3c(cccc3[C@@H]3CN(CCCc4[nH]nc5cnccc45)CCC32)N1. The van der Waals surface area contributed by atoms with Crippen LogP contribution in [0.2, 0.25) is 0 Å². The van der Waals surface area contributed by atoms with Crippen LogP contribution in [0.5, 0.6) is 0 Å². The van der Waals surface area contributed by atoms with Gasteiger partial charge in [0.25, 0.3) is 0 Å². The lowest BCUT2D eigenvalue weighted by atomic mass is 9.89. The lowest BCUT2D eigenvalue weighted by Gasteiger charge is -2.39. The van der Waals surface area contributed by atoms with Gasteiger partial charge < -0.3 is 15.1 Å². The summed E-state index contributed by atoms with van der Waals surface area (Å²) >= 11 is 0. The van der Waals surface area contributed by atoms with Crippen molar-refractivity contribution in [1.29, 1.82) is 0 Å². The highest BCUT2D eigenvalue weighted by Gasteiger charge is 2.44. The molecule has 1 fully saturated rings. The molecule has 5 heterocycles. The Kier molecular flexibility index (Phi) is 3.84. The summed E-state index contributed by atoms with van der Waals surface area (Å²) in [5.74, 6) is 0.602. The summed E-state index contributed by atoms with van der Waals surface area (Å²) in [4.78, 5) is 21.2. The van der Waals surface area contributed by atoms with Gasteiger partial charge in [-0.2, -0.15) is 5.10 Å². The fourth-order valence-corrected chi connectivity index (χ4v) is 5.47. The topological polar surface area (TPSA) is 77.2 Å². The summed E-state index contributed by atoms with van der Waals surface area (Å²) in [5.41, 5.74) is 5.80. The number of likely N-dealkylation sites (tertiary alicyclic amines) is 1. The van der Waals surface area contributed by atoms with E-state index in [1.165, 1.54) is 22.3 Å². The fraction of sp³-hybridized carbons (Fsp3) is 0.409. The van der Waals surface area contributed by atoms with Gasteiger partial charge in [0.1, 0.15) is 5.52 Å². The number of carbonyl (C=O) groups excluding carboxylic acids is 1. The molecule has 0 aliphatic carbocycles. The van der Waals surface area contributed by atoms with Gasteiger partial charge in [0.15, 0.2) is 0 Å². The zero-order chi connectivity index (χ0) is 19.4. The van der Waals surface area contributed by atoms with E-state index in [0.717, 1.165) is 50.1 Å². The highest BCUT2D eigenvalue weighted by molar-refractivity contribution is 6.03. The summed E-state index contributed by atoms with van der Waals surface area (Å²) in [5, 5.41) is 11.8. The number of benzene rings is 1. The van der Waals surface area contributed by atoms with Crippen LogP contribution in [-0.4, -0.2) is 58.2 Å². The second-order valence-electron chi connectivity index (χ2n) is 8.38. The number of hydrogen-bond donors (Lipinski definition) is 2. The first-order valence-corrected chi connectivity index (χ1v) is 10.5. The Bertz CT molecular complexity index is 1090. The number of nitrogens with one attached hydrogen (secondary N) is 2. The molecule has 0 bridgehead atoms. The van der Waals surface area contributed by atoms with Gasteiger partial charge in [0.05, 0.1) is 24.1 Å². The van der Waals surface area contributed by atoms with Crippen LogP contribution in [0.4, 0.5) is 11.4 Å². The molecule has 0 saturated carbocycles. The molecule has 1 saturated heterocycles. The lowest BCUT2D eigenvalue weighted by Crippen LogP contribution is -2.49. The van der Waals surface area contributed by atoms with E-state index < -0.39 is 0 Å². The maximum Gasteiger partial charge on any atom is 0.243 e. The largest absolute Gasteiger partial charge is 0.357 e. The number of nitrogens with zero attached hydrogens (tertiary/aromatic N) is 4. The van der Waals surface area contributed by atoms with Crippen molar-refractivity contribution in [2.45, 2.75) is 31.2 Å². The highest BCUT2D eigenvalue weighted by atomic mass is 16.2. The van der Waals surface area contributed by atoms with Crippen molar-refractivity contribution in [2.24, 2.45) is 0 Å². The van der Waals surface area contributed by atoms with E-state index in [4.69, 9.17) is 0 Å². The molecule has 1 amide bonds. The minimum Gasteiger partial charge on any atom is -0.357 e. The lowest BCUT2D eigenvalue weighted by molar-refractivity contribution is -0.115. The number of H-pyrrole nitrogens is 1. The standard InChI is InChI=1S/C22H24N6O/c29-21-13-28-20-7-10-27(12-16(20)14-3-1-4-18(24-21)22(14)28)9-2-5-17-15-6-8-23-11-19(15)26-25-17/h1,3-4,6,8,11,16,20H,2,5,7,9-10,12-13H2,(H,24,29)(H,25,26)/t16-,20?/m0/s1. The molecule has 3 aliphatic rings. The van der Waals surface area contributed by atoms with Gasteiger partial charge in [-0.15, -0.1) is 0 Å². The number of aromatic amines is 1. The molecule has 1 aromatic carbocycles. The zero-order valence-electron chi connectivity index (χ0n) is 16.3. The van der Waals surface area contributed by atoms with Crippen molar-refractivity contribution in [2.75, 3.05) is 36.4 Å². The summed E-state index contributed by atoms with van der Waals surface area (Å²) in [6.07, 6.45) is 6.86. The predicted octanol–water partition coefficient (Wildman–Crippen LogP) is 2.52. The van der Waals surface area contributed by atoms with Gasteiger partial charge in [-0.05, 0) is 43.5 Å². The van der Waals surface area contributed by atoms with E-state index in [1.54, 1.807) is 0 Å². The summed E-state index contributed by atoms with van der Waals surface area (Å²) in [6, 6.07) is 8.86. The number of pyridine rings is 1. The average Bonchev–Trinajstić information content (AvgIpc) is 3.29. The molecule has 29 heavy (non-hydrogen) atoms. The van der Waals surface area contributed by atoms with Crippen molar-refractivity contribution < 1.29 is 4.79 Å². The molecule has 2 aromatic heterocycles. The average molecular weight is 388 g/mol. The van der Waals surface area contributed by atoms with Crippen molar-refractivity contribution >= 4 is 28.2 Å². The smallest absolute Gasteiger partial charge is 0.243 e. The molecule has 0 radical (unpaired) electrons. The molecular weight excluding hydrogens is 364 g/mol. The monoisotopic (exact) mass is 388 g/mol. The molecule has 7 heteroatoms. The third kappa shape index (κ3) is 2.72. The van der Waals surface area contributed by atoms with Crippen LogP contribution < -0.4 is 10.2 Å². The van der Waals surface area contributed by atoms with Gasteiger partial charge in [-0.1, -0.05) is 12.1 Å². The summed E-state index contributed by atoms with van der Waals surface area (Å²) in [6.45, 7) is 3.74. The van der Waals surface area contributed by atoms with Crippen molar-refractivity contribution in [1.82, 2.24) is 20.1 Å². The molecule has 7 nitrogen and oxygen atoms in total. The second-order valence-corrected chi connectivity index (χ2v) is 8.38. The van der Waals surface area contributed by atoms with Gasteiger partial charge in [0.2, 0.25) is 5.91 Å². The van der Waals surface area contributed by atoms with Crippen LogP contribution in [0.3, 0.4) is 0 Å². The Balaban J connectivity index is 1.15. The van der Waals surface area contributed by atoms with Crippen LogP contribution in [0.1, 0.15) is 30.0 Å². The molecule has 0 spiro atoms. The number of anilines is 2. The molecule has 3 aromatic rings. The summed E-state index contributed by atoms with van der Waals surface area (Å²) in [7, 11) is 0. The number of para-hydroxylation sites is 1. The third-order valence-corrected chi connectivity index (χ3v) is 6.74. The maximum atomic E-state index is 12.1. The van der Waals surface area contributed by atoms with Crippen LogP contribution >= 0.6 is 0 Å².